The minimum atomic E-state index is -0.736. The number of carbonyl (C=O) groups is 1. The minimum absolute atomic E-state index is 0.114. The number of aliphatic carboxylic acids is 1. The number of methoxy groups -OCH3 is 1. The van der Waals surface area contributed by atoms with Crippen LogP contribution in [0.3, 0.4) is 0 Å². The molecule has 0 aliphatic carbocycles. The lowest BCUT2D eigenvalue weighted by atomic mass is 10.0. The fraction of sp³-hybridized carbons (Fsp3) is 0.357. The van der Waals surface area contributed by atoms with Crippen LogP contribution in [-0.2, 0) is 11.3 Å². The molecule has 1 N–H and O–H groups in total. The number of aromatic nitrogens is 1. The minimum Gasteiger partial charge on any atom is -0.497 e. The van der Waals surface area contributed by atoms with E-state index in [4.69, 9.17) is 9.84 Å². The van der Waals surface area contributed by atoms with Crippen molar-refractivity contribution in [2.75, 3.05) is 7.11 Å². The van der Waals surface area contributed by atoms with Crippen LogP contribution >= 0.6 is 15.9 Å². The number of hydrogen-bond acceptors (Lipinski definition) is 2. The number of rotatable bonds is 3. The Morgan fingerprint density at radius 2 is 2.32 bits per heavy atom. The predicted octanol–water partition coefficient (Wildman–Crippen LogP) is 3.37. The van der Waals surface area contributed by atoms with Gasteiger partial charge in [0, 0.05) is 34.1 Å². The summed E-state index contributed by atoms with van der Waals surface area (Å²) in [6, 6.07) is 6.04. The largest absolute Gasteiger partial charge is 0.497 e. The molecule has 100 valence electrons. The SMILES string of the molecule is COc1cc(Br)c2cc3n(c2c1)CCC3CC(=O)O. The Bertz CT molecular complexity index is 662. The molecule has 5 heteroatoms. The molecule has 0 spiro atoms. The van der Waals surface area contributed by atoms with Crippen LogP contribution in [0.5, 0.6) is 5.75 Å². The van der Waals surface area contributed by atoms with Crippen molar-refractivity contribution < 1.29 is 14.6 Å². The summed E-state index contributed by atoms with van der Waals surface area (Å²) in [5, 5.41) is 10.1. The number of nitrogens with zero attached hydrogens (tertiary/aromatic N) is 1. The number of fused-ring (bicyclic) bond motifs is 3. The van der Waals surface area contributed by atoms with E-state index in [1.165, 1.54) is 0 Å². The molecule has 1 unspecified atom stereocenters. The van der Waals surface area contributed by atoms with Crippen LogP contribution in [-0.4, -0.2) is 22.8 Å². The highest BCUT2D eigenvalue weighted by atomic mass is 79.9. The van der Waals surface area contributed by atoms with E-state index in [1.807, 2.05) is 12.1 Å². The van der Waals surface area contributed by atoms with Gasteiger partial charge >= 0.3 is 5.97 Å². The third-order valence-electron chi connectivity index (χ3n) is 3.75. The van der Waals surface area contributed by atoms with E-state index in [2.05, 4.69) is 26.6 Å². The van der Waals surface area contributed by atoms with E-state index in [0.29, 0.717) is 0 Å². The fourth-order valence-corrected chi connectivity index (χ4v) is 3.41. The van der Waals surface area contributed by atoms with Gasteiger partial charge in [0.15, 0.2) is 0 Å². The maximum atomic E-state index is 10.9. The molecular weight excluding hydrogens is 310 g/mol. The molecule has 0 amide bonds. The first-order valence-electron chi connectivity index (χ1n) is 6.18. The molecule has 0 fully saturated rings. The van der Waals surface area contributed by atoms with Gasteiger partial charge in [0.05, 0.1) is 19.0 Å². The molecule has 2 aromatic rings. The lowest BCUT2D eigenvalue weighted by Crippen LogP contribution is -2.02. The van der Waals surface area contributed by atoms with Crippen molar-refractivity contribution in [1.82, 2.24) is 4.57 Å². The second-order valence-corrected chi connectivity index (χ2v) is 5.70. The zero-order valence-corrected chi connectivity index (χ0v) is 12.1. The third-order valence-corrected chi connectivity index (χ3v) is 4.41. The molecular formula is C14H14BrNO3. The lowest BCUT2D eigenvalue weighted by molar-refractivity contribution is -0.137. The van der Waals surface area contributed by atoms with Gasteiger partial charge in [-0.3, -0.25) is 4.79 Å². The van der Waals surface area contributed by atoms with Crippen molar-refractivity contribution in [3.63, 3.8) is 0 Å². The summed E-state index contributed by atoms with van der Waals surface area (Å²) in [6.45, 7) is 0.871. The number of halogens is 1. The van der Waals surface area contributed by atoms with Crippen LogP contribution in [0.15, 0.2) is 22.7 Å². The summed E-state index contributed by atoms with van der Waals surface area (Å²) < 4.78 is 8.47. The van der Waals surface area contributed by atoms with E-state index in [0.717, 1.165) is 39.8 Å². The summed E-state index contributed by atoms with van der Waals surface area (Å²) in [4.78, 5) is 10.9. The summed E-state index contributed by atoms with van der Waals surface area (Å²) in [5.74, 6) is 0.185. The van der Waals surface area contributed by atoms with Crippen LogP contribution in [0, 0.1) is 0 Å². The molecule has 19 heavy (non-hydrogen) atoms. The molecule has 1 aromatic carbocycles. The zero-order valence-electron chi connectivity index (χ0n) is 10.5. The van der Waals surface area contributed by atoms with Crippen LogP contribution in [0.25, 0.3) is 10.9 Å². The first-order chi connectivity index (χ1) is 9.10. The quantitative estimate of drug-likeness (QED) is 0.942. The Hall–Kier alpha value is -1.49. The first-order valence-corrected chi connectivity index (χ1v) is 6.98. The number of carboxylic acids is 1. The number of ether oxygens (including phenoxy) is 1. The summed E-state index contributed by atoms with van der Waals surface area (Å²) in [7, 11) is 1.65. The molecule has 1 aromatic heterocycles. The normalized spacial score (nSPS) is 17.7. The summed E-state index contributed by atoms with van der Waals surface area (Å²) >= 11 is 3.55. The highest BCUT2D eigenvalue weighted by Crippen LogP contribution is 2.40. The van der Waals surface area contributed by atoms with Crippen molar-refractivity contribution in [3.8, 4) is 5.75 Å². The van der Waals surface area contributed by atoms with E-state index < -0.39 is 5.97 Å². The van der Waals surface area contributed by atoms with Gasteiger partial charge in [0.2, 0.25) is 0 Å². The second-order valence-electron chi connectivity index (χ2n) is 4.85. The van der Waals surface area contributed by atoms with Crippen LogP contribution < -0.4 is 4.74 Å². The van der Waals surface area contributed by atoms with Gasteiger partial charge in [-0.05, 0) is 34.5 Å². The average molecular weight is 324 g/mol. The Labute approximate surface area is 119 Å². The number of carboxylic acid groups (broad SMARTS) is 1. The summed E-state index contributed by atoms with van der Waals surface area (Å²) in [5.41, 5.74) is 2.22. The van der Waals surface area contributed by atoms with Crippen molar-refractivity contribution >= 4 is 32.8 Å². The van der Waals surface area contributed by atoms with Crippen molar-refractivity contribution in [2.24, 2.45) is 0 Å². The van der Waals surface area contributed by atoms with Crippen molar-refractivity contribution in [3.05, 3.63) is 28.4 Å². The second kappa shape index (κ2) is 4.56. The van der Waals surface area contributed by atoms with Gasteiger partial charge in [-0.2, -0.15) is 0 Å². The molecule has 0 bridgehead atoms. The smallest absolute Gasteiger partial charge is 0.304 e. The summed E-state index contributed by atoms with van der Waals surface area (Å²) in [6.07, 6.45) is 1.09. The molecule has 1 aliphatic rings. The average Bonchev–Trinajstić information content (AvgIpc) is 2.90. The van der Waals surface area contributed by atoms with Gasteiger partial charge < -0.3 is 14.4 Å². The monoisotopic (exact) mass is 323 g/mol. The molecule has 0 saturated heterocycles. The zero-order chi connectivity index (χ0) is 13.6. The number of aryl methyl sites for hydroxylation is 1. The molecule has 3 rings (SSSR count). The van der Waals surface area contributed by atoms with E-state index in [9.17, 15) is 4.79 Å². The number of benzene rings is 1. The highest BCUT2D eigenvalue weighted by Gasteiger charge is 2.27. The van der Waals surface area contributed by atoms with Crippen LogP contribution in [0.2, 0.25) is 0 Å². The van der Waals surface area contributed by atoms with E-state index in [-0.39, 0.29) is 12.3 Å². The molecule has 0 radical (unpaired) electrons. The lowest BCUT2D eigenvalue weighted by Gasteiger charge is -2.05. The molecule has 4 nitrogen and oxygen atoms in total. The van der Waals surface area contributed by atoms with Gasteiger partial charge in [-0.1, -0.05) is 0 Å². The van der Waals surface area contributed by atoms with E-state index >= 15 is 0 Å². The topological polar surface area (TPSA) is 51.5 Å². The maximum absolute atomic E-state index is 10.9. The molecule has 2 heterocycles. The van der Waals surface area contributed by atoms with Crippen LogP contribution in [0.4, 0.5) is 0 Å². The van der Waals surface area contributed by atoms with Gasteiger partial charge in [0.25, 0.3) is 0 Å². The Morgan fingerprint density at radius 1 is 1.53 bits per heavy atom. The Kier molecular flexibility index (Phi) is 3.01. The third kappa shape index (κ3) is 2.02. The Morgan fingerprint density at radius 3 is 3.00 bits per heavy atom. The van der Waals surface area contributed by atoms with E-state index in [1.54, 1.807) is 7.11 Å². The maximum Gasteiger partial charge on any atom is 0.304 e. The highest BCUT2D eigenvalue weighted by molar-refractivity contribution is 9.10. The molecule has 1 atom stereocenters. The van der Waals surface area contributed by atoms with Crippen LogP contribution in [0.1, 0.15) is 24.5 Å². The fourth-order valence-electron chi connectivity index (χ4n) is 2.87. The van der Waals surface area contributed by atoms with Gasteiger partial charge in [-0.25, -0.2) is 0 Å². The van der Waals surface area contributed by atoms with Crippen molar-refractivity contribution in [2.45, 2.75) is 25.3 Å². The predicted molar refractivity (Wildman–Crippen MR) is 75.8 cm³/mol. The van der Waals surface area contributed by atoms with Gasteiger partial charge in [-0.15, -0.1) is 0 Å². The first kappa shape index (κ1) is 12.5. The number of hydrogen-bond donors (Lipinski definition) is 1. The van der Waals surface area contributed by atoms with Crippen molar-refractivity contribution in [1.29, 1.82) is 0 Å². The molecule has 0 saturated carbocycles. The Balaban J connectivity index is 2.13. The van der Waals surface area contributed by atoms with Gasteiger partial charge in [0.1, 0.15) is 5.75 Å². The molecule has 1 aliphatic heterocycles. The standard InChI is InChI=1S/C14H14BrNO3/c1-19-9-5-11(15)10-7-12-8(4-14(17)18)2-3-16(12)13(10)6-9/h5-8H,2-4H2,1H3,(H,17,18).